The highest BCUT2D eigenvalue weighted by Crippen LogP contribution is 2.20. The van der Waals surface area contributed by atoms with Crippen molar-refractivity contribution in [3.63, 3.8) is 0 Å². The van der Waals surface area contributed by atoms with Crippen LogP contribution >= 0.6 is 11.6 Å². The summed E-state index contributed by atoms with van der Waals surface area (Å²) in [6, 6.07) is 5.09. The number of hydrogen-bond acceptors (Lipinski definition) is 4. The van der Waals surface area contributed by atoms with Gasteiger partial charge in [-0.2, -0.15) is 0 Å². The molecule has 6 nitrogen and oxygen atoms in total. The van der Waals surface area contributed by atoms with Crippen LogP contribution in [0.3, 0.4) is 0 Å². The predicted molar refractivity (Wildman–Crippen MR) is 69.5 cm³/mol. The first-order chi connectivity index (χ1) is 8.38. The van der Waals surface area contributed by atoms with E-state index >= 15 is 0 Å². The van der Waals surface area contributed by atoms with Crippen LogP contribution in [-0.4, -0.2) is 29.8 Å². The summed E-state index contributed by atoms with van der Waals surface area (Å²) in [5, 5.41) is 0.454. The molecular weight excluding hydrogens is 256 g/mol. The van der Waals surface area contributed by atoms with E-state index in [0.29, 0.717) is 17.3 Å². The SMILES string of the molecule is NC(=O)CN(CC(N)=O)Cc1ccc(Cl)c(N)c1. The Labute approximate surface area is 110 Å². The molecule has 18 heavy (non-hydrogen) atoms. The van der Waals surface area contributed by atoms with Gasteiger partial charge in [0.1, 0.15) is 0 Å². The predicted octanol–water partition coefficient (Wildman–Crippen LogP) is -0.305. The van der Waals surface area contributed by atoms with Gasteiger partial charge in [0.05, 0.1) is 23.8 Å². The van der Waals surface area contributed by atoms with Crippen molar-refractivity contribution in [1.82, 2.24) is 4.90 Å². The molecule has 2 amide bonds. The summed E-state index contributed by atoms with van der Waals surface area (Å²) in [5.74, 6) is -1.06. The zero-order valence-corrected chi connectivity index (χ0v) is 10.5. The van der Waals surface area contributed by atoms with Crippen LogP contribution in [0.2, 0.25) is 5.02 Å². The number of nitrogens with two attached hydrogens (primary N) is 3. The van der Waals surface area contributed by atoms with E-state index in [-0.39, 0.29) is 13.1 Å². The highest BCUT2D eigenvalue weighted by atomic mass is 35.5. The minimum absolute atomic E-state index is 0.0501. The third kappa shape index (κ3) is 4.60. The van der Waals surface area contributed by atoms with E-state index in [1.54, 1.807) is 18.2 Å². The van der Waals surface area contributed by atoms with Gasteiger partial charge in [-0.3, -0.25) is 14.5 Å². The van der Waals surface area contributed by atoms with Gasteiger partial charge >= 0.3 is 0 Å². The number of anilines is 1. The highest BCUT2D eigenvalue weighted by molar-refractivity contribution is 6.33. The van der Waals surface area contributed by atoms with Crippen LogP contribution in [0.5, 0.6) is 0 Å². The van der Waals surface area contributed by atoms with E-state index in [4.69, 9.17) is 28.8 Å². The Hall–Kier alpha value is -1.79. The van der Waals surface area contributed by atoms with Gasteiger partial charge in [-0.05, 0) is 17.7 Å². The van der Waals surface area contributed by atoms with Crippen LogP contribution < -0.4 is 17.2 Å². The molecule has 6 N–H and O–H groups in total. The summed E-state index contributed by atoms with van der Waals surface area (Å²) < 4.78 is 0. The van der Waals surface area contributed by atoms with Crippen molar-refractivity contribution in [3.8, 4) is 0 Å². The minimum Gasteiger partial charge on any atom is -0.398 e. The number of hydrogen-bond donors (Lipinski definition) is 3. The fraction of sp³-hybridized carbons (Fsp3) is 0.273. The Balaban J connectivity index is 2.77. The average molecular weight is 271 g/mol. The minimum atomic E-state index is -0.529. The summed E-state index contributed by atoms with van der Waals surface area (Å²) in [5.41, 5.74) is 17.1. The summed E-state index contributed by atoms with van der Waals surface area (Å²) in [4.78, 5) is 23.3. The lowest BCUT2D eigenvalue weighted by molar-refractivity contribution is -0.122. The molecule has 0 saturated carbocycles. The largest absolute Gasteiger partial charge is 0.398 e. The molecule has 0 fully saturated rings. The molecule has 1 aromatic rings. The molecular formula is C11H15ClN4O2. The van der Waals surface area contributed by atoms with Crippen LogP contribution in [0.4, 0.5) is 5.69 Å². The molecule has 0 aliphatic rings. The third-order valence-corrected chi connectivity index (χ3v) is 2.57. The van der Waals surface area contributed by atoms with Gasteiger partial charge in [0.25, 0.3) is 0 Å². The fourth-order valence-corrected chi connectivity index (χ4v) is 1.68. The zero-order valence-electron chi connectivity index (χ0n) is 9.73. The quantitative estimate of drug-likeness (QED) is 0.615. The standard InChI is InChI=1S/C11H15ClN4O2/c12-8-2-1-7(3-9(8)13)4-16(5-10(14)17)6-11(15)18/h1-3H,4-6,13H2,(H2,14,17)(H2,15,18). The first-order valence-electron chi connectivity index (χ1n) is 5.21. The second-order valence-electron chi connectivity index (χ2n) is 3.93. The molecule has 1 rings (SSSR count). The van der Waals surface area contributed by atoms with Gasteiger partial charge in [-0.15, -0.1) is 0 Å². The van der Waals surface area contributed by atoms with Crippen LogP contribution in [0, 0.1) is 0 Å². The van der Waals surface area contributed by atoms with E-state index in [1.807, 2.05) is 0 Å². The van der Waals surface area contributed by atoms with E-state index in [1.165, 1.54) is 4.90 Å². The molecule has 0 heterocycles. The molecule has 0 atom stereocenters. The molecule has 0 aliphatic carbocycles. The summed E-state index contributed by atoms with van der Waals surface area (Å²) >= 11 is 5.80. The lowest BCUT2D eigenvalue weighted by Crippen LogP contribution is -2.39. The molecule has 98 valence electrons. The summed E-state index contributed by atoms with van der Waals surface area (Å²) in [6.45, 7) is 0.240. The summed E-state index contributed by atoms with van der Waals surface area (Å²) in [7, 11) is 0. The fourth-order valence-electron chi connectivity index (χ4n) is 1.56. The van der Waals surface area contributed by atoms with Crippen molar-refractivity contribution in [2.75, 3.05) is 18.8 Å². The number of rotatable bonds is 6. The third-order valence-electron chi connectivity index (χ3n) is 2.23. The van der Waals surface area contributed by atoms with Gasteiger partial charge in [-0.1, -0.05) is 17.7 Å². The second kappa shape index (κ2) is 6.23. The van der Waals surface area contributed by atoms with Crippen LogP contribution in [0.1, 0.15) is 5.56 Å². The number of primary amides is 2. The number of carbonyl (C=O) groups excluding carboxylic acids is 2. The Morgan fingerprint density at radius 1 is 1.17 bits per heavy atom. The van der Waals surface area contributed by atoms with E-state index in [0.717, 1.165) is 5.56 Å². The monoisotopic (exact) mass is 270 g/mol. The molecule has 0 aliphatic heterocycles. The van der Waals surface area contributed by atoms with E-state index in [2.05, 4.69) is 0 Å². The average Bonchev–Trinajstić information content (AvgIpc) is 2.21. The van der Waals surface area contributed by atoms with Crippen LogP contribution in [-0.2, 0) is 16.1 Å². The maximum atomic E-state index is 10.9. The molecule has 0 spiro atoms. The molecule has 0 bridgehead atoms. The van der Waals surface area contributed by atoms with Crippen LogP contribution in [0.25, 0.3) is 0 Å². The van der Waals surface area contributed by atoms with Crippen molar-refractivity contribution >= 4 is 29.1 Å². The number of benzene rings is 1. The molecule has 7 heteroatoms. The maximum absolute atomic E-state index is 10.9. The smallest absolute Gasteiger partial charge is 0.231 e. The zero-order chi connectivity index (χ0) is 13.7. The molecule has 0 radical (unpaired) electrons. The first kappa shape index (κ1) is 14.3. The van der Waals surface area contributed by atoms with Gasteiger partial charge in [-0.25, -0.2) is 0 Å². The van der Waals surface area contributed by atoms with Crippen molar-refractivity contribution in [2.24, 2.45) is 11.5 Å². The van der Waals surface area contributed by atoms with E-state index in [9.17, 15) is 9.59 Å². The Morgan fingerprint density at radius 3 is 2.17 bits per heavy atom. The Bertz CT molecular complexity index is 448. The highest BCUT2D eigenvalue weighted by Gasteiger charge is 2.12. The van der Waals surface area contributed by atoms with Gasteiger partial charge < -0.3 is 17.2 Å². The van der Waals surface area contributed by atoms with E-state index < -0.39 is 11.8 Å². The molecule has 0 saturated heterocycles. The van der Waals surface area contributed by atoms with Gasteiger partial charge in [0.15, 0.2) is 0 Å². The van der Waals surface area contributed by atoms with Crippen molar-refractivity contribution in [3.05, 3.63) is 28.8 Å². The first-order valence-corrected chi connectivity index (χ1v) is 5.59. The number of nitrogens with zero attached hydrogens (tertiary/aromatic N) is 1. The lowest BCUT2D eigenvalue weighted by Gasteiger charge is -2.19. The van der Waals surface area contributed by atoms with Crippen molar-refractivity contribution in [1.29, 1.82) is 0 Å². The Morgan fingerprint density at radius 2 is 1.72 bits per heavy atom. The second-order valence-corrected chi connectivity index (χ2v) is 4.34. The summed E-state index contributed by atoms with van der Waals surface area (Å²) in [6.07, 6.45) is 0. The lowest BCUT2D eigenvalue weighted by atomic mass is 10.2. The molecule has 1 aromatic carbocycles. The number of halogens is 1. The molecule has 0 unspecified atom stereocenters. The van der Waals surface area contributed by atoms with Gasteiger partial charge in [0, 0.05) is 6.54 Å². The van der Waals surface area contributed by atoms with Crippen molar-refractivity contribution in [2.45, 2.75) is 6.54 Å². The van der Waals surface area contributed by atoms with Crippen molar-refractivity contribution < 1.29 is 9.59 Å². The number of amides is 2. The topological polar surface area (TPSA) is 115 Å². The maximum Gasteiger partial charge on any atom is 0.231 e. The normalized spacial score (nSPS) is 10.6. The van der Waals surface area contributed by atoms with Gasteiger partial charge in [0.2, 0.25) is 11.8 Å². The number of nitrogen functional groups attached to an aromatic ring is 1. The Kier molecular flexibility index (Phi) is 4.94. The van der Waals surface area contributed by atoms with Crippen LogP contribution in [0.15, 0.2) is 18.2 Å². The molecule has 0 aromatic heterocycles. The number of carbonyl (C=O) groups is 2.